The van der Waals surface area contributed by atoms with E-state index in [2.05, 4.69) is 6.58 Å². The molecule has 1 aliphatic rings. The molecule has 0 aromatic rings. The summed E-state index contributed by atoms with van der Waals surface area (Å²) in [6.07, 6.45) is 1.65. The van der Waals surface area contributed by atoms with Crippen LogP contribution in [0.15, 0.2) is 12.7 Å². The van der Waals surface area contributed by atoms with Gasteiger partial charge in [0, 0.05) is 6.54 Å². The molecule has 1 saturated carbocycles. The Morgan fingerprint density at radius 1 is 0.750 bits per heavy atom. The summed E-state index contributed by atoms with van der Waals surface area (Å²) in [7, 11) is 0. The van der Waals surface area contributed by atoms with Gasteiger partial charge in [0.25, 0.3) is 0 Å². The molecule has 0 aliphatic heterocycles. The number of alkyl halides is 6. The molecule has 0 aromatic heterocycles. The van der Waals surface area contributed by atoms with Gasteiger partial charge >= 0.3 is 0 Å². The van der Waals surface area contributed by atoms with E-state index in [1.54, 1.807) is 6.08 Å². The summed E-state index contributed by atoms with van der Waals surface area (Å²) in [5.41, 5.74) is 4.91. The highest BCUT2D eigenvalue weighted by Crippen LogP contribution is 2.39. The van der Waals surface area contributed by atoms with Crippen molar-refractivity contribution in [1.29, 1.82) is 0 Å². The molecule has 0 spiro atoms. The highest BCUT2D eigenvalue weighted by atomic mass is 35.5. The van der Waals surface area contributed by atoms with Crippen LogP contribution < -0.4 is 5.73 Å². The predicted octanol–water partition coefficient (Wildman–Crippen LogP) is 3.78. The summed E-state index contributed by atoms with van der Waals surface area (Å²) in [5, 5.41) is -2.62. The van der Waals surface area contributed by atoms with Crippen LogP contribution in [-0.2, 0) is 0 Å². The standard InChI is InChI=1S/C6H6Cl6.C3H7N/c7-1-2(8)4(10)6(12)5(11)3(1)9;1-2-3-4/h1-6H;2H,1,3-4H2. The van der Waals surface area contributed by atoms with Crippen LogP contribution in [0.5, 0.6) is 0 Å². The Labute approximate surface area is 126 Å². The Morgan fingerprint density at radius 2 is 0.875 bits per heavy atom. The van der Waals surface area contributed by atoms with Crippen LogP contribution in [0.2, 0.25) is 0 Å². The van der Waals surface area contributed by atoms with E-state index >= 15 is 0 Å². The first kappa shape index (κ1) is 17.4. The third kappa shape index (κ3) is 4.61. The van der Waals surface area contributed by atoms with Crippen molar-refractivity contribution in [3.05, 3.63) is 12.7 Å². The van der Waals surface area contributed by atoms with E-state index in [0.717, 1.165) is 0 Å². The molecule has 0 atom stereocenters. The molecule has 0 aromatic carbocycles. The van der Waals surface area contributed by atoms with Gasteiger partial charge in [-0.3, -0.25) is 0 Å². The van der Waals surface area contributed by atoms with Gasteiger partial charge in [0.15, 0.2) is 0 Å². The monoisotopic (exact) mass is 345 g/mol. The fraction of sp³-hybridized carbons (Fsp3) is 0.778. The van der Waals surface area contributed by atoms with Crippen LogP contribution >= 0.6 is 69.6 Å². The molecule has 7 heteroatoms. The highest BCUT2D eigenvalue weighted by molar-refractivity contribution is 6.45. The van der Waals surface area contributed by atoms with Crippen LogP contribution in [0.1, 0.15) is 0 Å². The van der Waals surface area contributed by atoms with Gasteiger partial charge in [0.1, 0.15) is 0 Å². The molecule has 0 bridgehead atoms. The maximum absolute atomic E-state index is 5.88. The van der Waals surface area contributed by atoms with Gasteiger partial charge in [-0.2, -0.15) is 0 Å². The van der Waals surface area contributed by atoms with E-state index < -0.39 is 32.3 Å². The minimum Gasteiger partial charge on any atom is -0.327 e. The SMILES string of the molecule is C=CCN.ClC1C(Cl)C(Cl)C(Cl)C(Cl)C1Cl. The molecule has 0 saturated heterocycles. The lowest BCUT2D eigenvalue weighted by Gasteiger charge is -2.37. The number of halogens is 6. The smallest absolute Gasteiger partial charge is 0.0693 e. The molecule has 1 rings (SSSR count). The van der Waals surface area contributed by atoms with Crippen LogP contribution in [0.3, 0.4) is 0 Å². The Balaban J connectivity index is 0.000000487. The molecule has 1 fully saturated rings. The van der Waals surface area contributed by atoms with Gasteiger partial charge in [-0.1, -0.05) is 6.08 Å². The Kier molecular flexibility index (Phi) is 9.29. The maximum atomic E-state index is 5.88. The third-order valence-corrected chi connectivity index (χ3v) is 6.02. The van der Waals surface area contributed by atoms with Gasteiger partial charge in [-0.05, 0) is 0 Å². The molecule has 0 amide bonds. The fourth-order valence-corrected chi connectivity index (χ4v) is 3.38. The zero-order chi connectivity index (χ0) is 12.9. The Morgan fingerprint density at radius 3 is 0.938 bits per heavy atom. The molecule has 0 unspecified atom stereocenters. The highest BCUT2D eigenvalue weighted by Gasteiger charge is 2.46. The lowest BCUT2D eigenvalue weighted by molar-refractivity contribution is 0.544. The zero-order valence-corrected chi connectivity index (χ0v) is 12.8. The summed E-state index contributed by atoms with van der Waals surface area (Å²) in [6.45, 7) is 3.94. The molecule has 1 aliphatic carbocycles. The topological polar surface area (TPSA) is 26.0 Å². The normalized spacial score (nSPS) is 43.2. The number of nitrogens with two attached hydrogens (primary N) is 1. The van der Waals surface area contributed by atoms with Gasteiger partial charge in [0.2, 0.25) is 0 Å². The van der Waals surface area contributed by atoms with Crippen LogP contribution in [0, 0.1) is 0 Å². The van der Waals surface area contributed by atoms with Crippen molar-refractivity contribution < 1.29 is 0 Å². The minimum absolute atomic E-state index is 0.437. The predicted molar refractivity (Wildman–Crippen MR) is 77.1 cm³/mol. The average Bonchev–Trinajstić information content (AvgIpc) is 2.31. The first-order valence-corrected chi connectivity index (χ1v) is 7.15. The molecule has 0 heterocycles. The minimum atomic E-state index is -0.437. The van der Waals surface area contributed by atoms with E-state index in [9.17, 15) is 0 Å². The average molecular weight is 348 g/mol. The summed E-state index contributed by atoms with van der Waals surface area (Å²) >= 11 is 35.3. The maximum Gasteiger partial charge on any atom is 0.0693 e. The van der Waals surface area contributed by atoms with E-state index in [4.69, 9.17) is 75.3 Å². The van der Waals surface area contributed by atoms with Gasteiger partial charge in [0.05, 0.1) is 32.3 Å². The lowest BCUT2D eigenvalue weighted by Crippen LogP contribution is -2.52. The first-order chi connectivity index (χ1) is 7.38. The summed E-state index contributed by atoms with van der Waals surface area (Å²) in [5.74, 6) is 0. The Hall–Kier alpha value is 1.44. The number of rotatable bonds is 1. The molecular weight excluding hydrogens is 335 g/mol. The van der Waals surface area contributed by atoms with Gasteiger partial charge in [-0.15, -0.1) is 76.2 Å². The second-order valence-electron chi connectivity index (χ2n) is 3.19. The van der Waals surface area contributed by atoms with E-state index in [1.165, 1.54) is 0 Å². The molecule has 2 N–H and O–H groups in total. The number of hydrogen-bond donors (Lipinski definition) is 1. The lowest BCUT2D eigenvalue weighted by atomic mass is 9.97. The molecule has 1 nitrogen and oxygen atoms in total. The zero-order valence-electron chi connectivity index (χ0n) is 8.30. The second-order valence-corrected chi connectivity index (χ2v) is 6.21. The van der Waals surface area contributed by atoms with E-state index in [0.29, 0.717) is 6.54 Å². The largest absolute Gasteiger partial charge is 0.327 e. The van der Waals surface area contributed by atoms with Crippen LogP contribution in [0.4, 0.5) is 0 Å². The first-order valence-electron chi connectivity index (χ1n) is 4.53. The summed E-state index contributed by atoms with van der Waals surface area (Å²) in [6, 6.07) is 0. The van der Waals surface area contributed by atoms with E-state index in [-0.39, 0.29) is 0 Å². The summed E-state index contributed by atoms with van der Waals surface area (Å²) < 4.78 is 0. The van der Waals surface area contributed by atoms with Crippen molar-refractivity contribution in [2.75, 3.05) is 6.54 Å². The van der Waals surface area contributed by atoms with Gasteiger partial charge < -0.3 is 5.73 Å². The second kappa shape index (κ2) is 8.53. The molecule has 96 valence electrons. The third-order valence-electron chi connectivity index (χ3n) is 1.99. The van der Waals surface area contributed by atoms with Crippen molar-refractivity contribution >= 4 is 69.6 Å². The molecular formula is C9H13Cl6N. The van der Waals surface area contributed by atoms with Crippen molar-refractivity contribution in [1.82, 2.24) is 0 Å². The molecule has 0 radical (unpaired) electrons. The van der Waals surface area contributed by atoms with Crippen LogP contribution in [0.25, 0.3) is 0 Å². The molecule has 16 heavy (non-hydrogen) atoms. The fourth-order valence-electron chi connectivity index (χ4n) is 1.05. The van der Waals surface area contributed by atoms with Crippen molar-refractivity contribution in [3.63, 3.8) is 0 Å². The van der Waals surface area contributed by atoms with Crippen molar-refractivity contribution in [2.24, 2.45) is 5.73 Å². The summed E-state index contributed by atoms with van der Waals surface area (Å²) in [4.78, 5) is 0. The number of hydrogen-bond acceptors (Lipinski definition) is 1. The quantitative estimate of drug-likeness (QED) is 0.567. The van der Waals surface area contributed by atoms with E-state index in [1.807, 2.05) is 0 Å². The van der Waals surface area contributed by atoms with Crippen molar-refractivity contribution in [3.8, 4) is 0 Å². The van der Waals surface area contributed by atoms with Gasteiger partial charge in [-0.25, -0.2) is 0 Å². The van der Waals surface area contributed by atoms with Crippen LogP contribution in [-0.4, -0.2) is 38.8 Å². The van der Waals surface area contributed by atoms with Crippen molar-refractivity contribution in [2.45, 2.75) is 32.3 Å². The Bertz CT molecular complexity index is 156.